The second-order valence-electron chi connectivity index (χ2n) is 5.10. The third-order valence-electron chi connectivity index (χ3n) is 3.68. The molecule has 0 saturated heterocycles. The Hall–Kier alpha value is -2.39. The van der Waals surface area contributed by atoms with E-state index < -0.39 is 6.10 Å². The number of aryl methyl sites for hydroxylation is 1. The average molecular weight is 279 g/mol. The van der Waals surface area contributed by atoms with Crippen molar-refractivity contribution in [2.75, 3.05) is 7.11 Å². The molecule has 0 aliphatic rings. The Labute approximate surface area is 123 Å². The second kappa shape index (κ2) is 5.54. The summed E-state index contributed by atoms with van der Waals surface area (Å²) in [5.74, 6) is 0.690. The molecule has 0 fully saturated rings. The van der Waals surface area contributed by atoms with Crippen molar-refractivity contribution in [2.45, 2.75) is 13.0 Å². The van der Waals surface area contributed by atoms with Crippen molar-refractivity contribution in [1.82, 2.24) is 4.98 Å². The molecule has 0 aliphatic heterocycles. The van der Waals surface area contributed by atoms with Gasteiger partial charge in [-0.05, 0) is 23.9 Å². The van der Waals surface area contributed by atoms with Gasteiger partial charge in [0, 0.05) is 28.9 Å². The fourth-order valence-corrected chi connectivity index (χ4v) is 2.57. The first-order chi connectivity index (χ1) is 10.2. The van der Waals surface area contributed by atoms with Gasteiger partial charge in [-0.3, -0.25) is 4.98 Å². The van der Waals surface area contributed by atoms with Gasteiger partial charge >= 0.3 is 0 Å². The minimum absolute atomic E-state index is 0.690. The Kier molecular flexibility index (Phi) is 3.59. The van der Waals surface area contributed by atoms with Crippen LogP contribution in [-0.2, 0) is 0 Å². The van der Waals surface area contributed by atoms with Crippen molar-refractivity contribution < 1.29 is 9.84 Å². The molecule has 0 aliphatic carbocycles. The van der Waals surface area contributed by atoms with E-state index in [-0.39, 0.29) is 0 Å². The molecule has 3 aromatic rings. The molecule has 3 nitrogen and oxygen atoms in total. The van der Waals surface area contributed by atoms with Crippen molar-refractivity contribution in [2.24, 2.45) is 0 Å². The summed E-state index contributed by atoms with van der Waals surface area (Å²) in [5, 5.41) is 12.8. The number of methoxy groups -OCH3 is 1. The number of hydrogen-bond acceptors (Lipinski definition) is 3. The van der Waals surface area contributed by atoms with Crippen LogP contribution in [-0.4, -0.2) is 17.2 Å². The van der Waals surface area contributed by atoms with Crippen LogP contribution in [0.2, 0.25) is 0 Å². The van der Waals surface area contributed by atoms with Crippen molar-refractivity contribution in [1.29, 1.82) is 0 Å². The zero-order valence-electron chi connectivity index (χ0n) is 12.1. The lowest BCUT2D eigenvalue weighted by Crippen LogP contribution is -2.04. The molecule has 2 aromatic carbocycles. The molecule has 1 heterocycles. The van der Waals surface area contributed by atoms with Crippen LogP contribution in [0, 0.1) is 6.92 Å². The lowest BCUT2D eigenvalue weighted by Gasteiger charge is -2.17. The van der Waals surface area contributed by atoms with E-state index in [2.05, 4.69) is 4.98 Å². The van der Waals surface area contributed by atoms with E-state index in [1.54, 1.807) is 19.5 Å². The second-order valence-corrected chi connectivity index (χ2v) is 5.10. The van der Waals surface area contributed by atoms with Gasteiger partial charge in [0.25, 0.3) is 0 Å². The molecule has 0 radical (unpaired) electrons. The molecule has 3 heteroatoms. The van der Waals surface area contributed by atoms with Crippen molar-refractivity contribution in [3.8, 4) is 5.75 Å². The predicted octanol–water partition coefficient (Wildman–Crippen LogP) is 3.63. The van der Waals surface area contributed by atoms with E-state index in [4.69, 9.17) is 4.74 Å². The Bertz CT molecular complexity index is 778. The van der Waals surface area contributed by atoms with Gasteiger partial charge in [0.15, 0.2) is 0 Å². The van der Waals surface area contributed by atoms with Crippen molar-refractivity contribution in [3.63, 3.8) is 0 Å². The molecule has 1 N–H and O–H groups in total. The van der Waals surface area contributed by atoms with Gasteiger partial charge in [-0.25, -0.2) is 0 Å². The van der Waals surface area contributed by atoms with Crippen LogP contribution in [0.1, 0.15) is 22.8 Å². The van der Waals surface area contributed by atoms with Crippen LogP contribution in [0.15, 0.2) is 54.9 Å². The fourth-order valence-electron chi connectivity index (χ4n) is 2.57. The van der Waals surface area contributed by atoms with Crippen LogP contribution >= 0.6 is 0 Å². The van der Waals surface area contributed by atoms with Crippen LogP contribution in [0.5, 0.6) is 5.75 Å². The van der Waals surface area contributed by atoms with Gasteiger partial charge in [0.1, 0.15) is 11.9 Å². The maximum absolute atomic E-state index is 10.8. The third-order valence-corrected chi connectivity index (χ3v) is 3.68. The van der Waals surface area contributed by atoms with E-state index in [0.717, 1.165) is 27.5 Å². The molecule has 0 saturated carbocycles. The Morgan fingerprint density at radius 1 is 1.05 bits per heavy atom. The average Bonchev–Trinajstić information content (AvgIpc) is 2.53. The fraction of sp³-hybridized carbons (Fsp3) is 0.167. The predicted molar refractivity (Wildman–Crippen MR) is 83.5 cm³/mol. The molecule has 0 bridgehead atoms. The highest BCUT2D eigenvalue weighted by molar-refractivity contribution is 5.85. The summed E-state index contributed by atoms with van der Waals surface area (Å²) < 4.78 is 5.40. The van der Waals surface area contributed by atoms with Gasteiger partial charge in [-0.1, -0.05) is 36.4 Å². The van der Waals surface area contributed by atoms with Gasteiger partial charge in [0.05, 0.1) is 7.11 Å². The lowest BCUT2D eigenvalue weighted by molar-refractivity contribution is 0.216. The first kappa shape index (κ1) is 13.6. The SMILES string of the molecule is COc1cc(C)ccc1C(O)c1cncc2ccccc12. The molecular weight excluding hydrogens is 262 g/mol. The molecule has 1 atom stereocenters. The Balaban J connectivity index is 2.15. The molecule has 1 unspecified atom stereocenters. The third kappa shape index (κ3) is 2.48. The van der Waals surface area contributed by atoms with E-state index in [9.17, 15) is 5.11 Å². The molecule has 3 rings (SSSR count). The summed E-state index contributed by atoms with van der Waals surface area (Å²) in [6, 6.07) is 13.7. The van der Waals surface area contributed by atoms with Crippen LogP contribution in [0.25, 0.3) is 10.8 Å². The summed E-state index contributed by atoms with van der Waals surface area (Å²) in [5.41, 5.74) is 2.63. The summed E-state index contributed by atoms with van der Waals surface area (Å²) in [4.78, 5) is 4.23. The molecule has 1 aromatic heterocycles. The van der Waals surface area contributed by atoms with Gasteiger partial charge in [-0.2, -0.15) is 0 Å². The largest absolute Gasteiger partial charge is 0.496 e. The first-order valence-electron chi connectivity index (χ1n) is 6.86. The number of ether oxygens (including phenoxy) is 1. The zero-order chi connectivity index (χ0) is 14.8. The Morgan fingerprint density at radius 2 is 1.86 bits per heavy atom. The number of aliphatic hydroxyl groups is 1. The quantitative estimate of drug-likeness (QED) is 0.796. The number of benzene rings is 2. The Morgan fingerprint density at radius 3 is 2.67 bits per heavy atom. The van der Waals surface area contributed by atoms with E-state index in [0.29, 0.717) is 5.75 Å². The molecular formula is C18H17NO2. The van der Waals surface area contributed by atoms with E-state index in [1.807, 2.05) is 49.4 Å². The highest BCUT2D eigenvalue weighted by Crippen LogP contribution is 2.33. The number of hydrogen-bond donors (Lipinski definition) is 1. The number of aromatic nitrogens is 1. The minimum Gasteiger partial charge on any atom is -0.496 e. The number of pyridine rings is 1. The summed E-state index contributed by atoms with van der Waals surface area (Å²) in [6.07, 6.45) is 2.75. The van der Waals surface area contributed by atoms with Crippen LogP contribution < -0.4 is 4.74 Å². The lowest BCUT2D eigenvalue weighted by atomic mass is 9.97. The number of fused-ring (bicyclic) bond motifs is 1. The molecule has 106 valence electrons. The van der Waals surface area contributed by atoms with Crippen LogP contribution in [0.4, 0.5) is 0 Å². The number of aliphatic hydroxyl groups excluding tert-OH is 1. The monoisotopic (exact) mass is 279 g/mol. The summed E-state index contributed by atoms with van der Waals surface area (Å²) >= 11 is 0. The van der Waals surface area contributed by atoms with E-state index in [1.165, 1.54) is 0 Å². The zero-order valence-corrected chi connectivity index (χ0v) is 12.1. The molecule has 0 spiro atoms. The minimum atomic E-state index is -0.765. The number of rotatable bonds is 3. The van der Waals surface area contributed by atoms with Crippen molar-refractivity contribution >= 4 is 10.8 Å². The maximum Gasteiger partial charge on any atom is 0.125 e. The normalized spacial score (nSPS) is 12.3. The van der Waals surface area contributed by atoms with Crippen molar-refractivity contribution in [3.05, 3.63) is 71.5 Å². The summed E-state index contributed by atoms with van der Waals surface area (Å²) in [7, 11) is 1.62. The highest BCUT2D eigenvalue weighted by atomic mass is 16.5. The van der Waals surface area contributed by atoms with E-state index >= 15 is 0 Å². The van der Waals surface area contributed by atoms with Crippen LogP contribution in [0.3, 0.4) is 0 Å². The summed E-state index contributed by atoms with van der Waals surface area (Å²) in [6.45, 7) is 2.00. The molecule has 21 heavy (non-hydrogen) atoms. The highest BCUT2D eigenvalue weighted by Gasteiger charge is 2.18. The number of nitrogens with zero attached hydrogens (tertiary/aromatic N) is 1. The van der Waals surface area contributed by atoms with Gasteiger partial charge < -0.3 is 9.84 Å². The molecule has 0 amide bonds. The smallest absolute Gasteiger partial charge is 0.125 e. The van der Waals surface area contributed by atoms with Gasteiger partial charge in [0.2, 0.25) is 0 Å². The maximum atomic E-state index is 10.8. The first-order valence-corrected chi connectivity index (χ1v) is 6.86. The standard InChI is InChI=1S/C18H17NO2/c1-12-7-8-15(17(9-12)21-2)18(20)16-11-19-10-13-5-3-4-6-14(13)16/h3-11,18,20H,1-2H3. The topological polar surface area (TPSA) is 42.4 Å². The van der Waals surface area contributed by atoms with Gasteiger partial charge in [-0.15, -0.1) is 0 Å².